The average Bonchev–Trinajstić information content (AvgIpc) is 2.84. The molecule has 78 valence electrons. The smallest absolute Gasteiger partial charge is 0.358 e. The minimum Gasteiger partial charge on any atom is -0.464 e. The molecule has 2 rings (SSSR count). The first kappa shape index (κ1) is 10.4. The molecule has 2 aromatic heterocycles. The normalized spacial score (nSPS) is 10.3. The number of furan rings is 1. The van der Waals surface area contributed by atoms with Gasteiger partial charge in [-0.2, -0.15) is 0 Å². The van der Waals surface area contributed by atoms with Crippen molar-refractivity contribution in [1.82, 2.24) is 4.98 Å². The molecule has 2 heterocycles. The quantitative estimate of drug-likeness (QED) is 0.797. The van der Waals surface area contributed by atoms with Crippen molar-refractivity contribution < 1.29 is 13.9 Å². The van der Waals surface area contributed by atoms with Crippen molar-refractivity contribution in [3.05, 3.63) is 28.0 Å². The fraction of sp³-hybridized carbons (Fsp3) is 0.111. The van der Waals surface area contributed by atoms with E-state index in [0.717, 1.165) is 0 Å². The highest BCUT2D eigenvalue weighted by molar-refractivity contribution is 9.11. The lowest BCUT2D eigenvalue weighted by Gasteiger charge is -1.96. The Balaban J connectivity index is 2.52. The van der Waals surface area contributed by atoms with Crippen molar-refractivity contribution in [2.45, 2.75) is 0 Å². The zero-order chi connectivity index (χ0) is 10.8. The Bertz CT molecular complexity index is 478. The summed E-state index contributed by atoms with van der Waals surface area (Å²) in [6.07, 6.45) is 1.55. The van der Waals surface area contributed by atoms with Crippen LogP contribution in [0.2, 0.25) is 0 Å². The maximum absolute atomic E-state index is 11.4. The summed E-state index contributed by atoms with van der Waals surface area (Å²) in [6.45, 7) is 0. The highest BCUT2D eigenvalue weighted by Crippen LogP contribution is 2.33. The van der Waals surface area contributed by atoms with Crippen molar-refractivity contribution >= 4 is 33.2 Å². The summed E-state index contributed by atoms with van der Waals surface area (Å²) in [4.78, 5) is 16.1. The summed E-state index contributed by atoms with van der Waals surface area (Å²) in [7, 11) is 1.32. The van der Waals surface area contributed by atoms with Crippen molar-refractivity contribution in [1.29, 1.82) is 0 Å². The number of carbonyl (C=O) groups excluding carboxylic acids is 1. The fourth-order valence-corrected chi connectivity index (χ4v) is 2.51. The summed E-state index contributed by atoms with van der Waals surface area (Å²) in [6, 6.07) is 3.52. The van der Waals surface area contributed by atoms with Gasteiger partial charge in [-0.25, -0.2) is 9.78 Å². The van der Waals surface area contributed by atoms with E-state index in [1.807, 2.05) is 0 Å². The molecule has 0 saturated carbocycles. The molecule has 0 fully saturated rings. The molecular formula is C9H6BrNO3S. The highest BCUT2D eigenvalue weighted by atomic mass is 79.9. The third kappa shape index (κ3) is 1.95. The third-order valence-electron chi connectivity index (χ3n) is 1.72. The third-order valence-corrected chi connectivity index (χ3v) is 3.25. The number of aromatic nitrogens is 1. The molecule has 0 atom stereocenters. The Morgan fingerprint density at radius 1 is 1.67 bits per heavy atom. The van der Waals surface area contributed by atoms with Gasteiger partial charge in [-0.3, -0.25) is 0 Å². The molecule has 2 aromatic rings. The Kier molecular flexibility index (Phi) is 2.88. The Morgan fingerprint density at radius 3 is 3.07 bits per heavy atom. The molecule has 0 amide bonds. The second kappa shape index (κ2) is 4.16. The average molecular weight is 288 g/mol. The highest BCUT2D eigenvalue weighted by Gasteiger charge is 2.20. The topological polar surface area (TPSA) is 52.3 Å². The van der Waals surface area contributed by atoms with Crippen LogP contribution in [0.5, 0.6) is 0 Å². The molecule has 0 aliphatic rings. The summed E-state index contributed by atoms with van der Waals surface area (Å²) in [5.74, 6) is 0.141. The van der Waals surface area contributed by atoms with Crippen LogP contribution in [0.25, 0.3) is 10.6 Å². The predicted molar refractivity (Wildman–Crippen MR) is 58.9 cm³/mol. The molecule has 0 unspecified atom stereocenters. The van der Waals surface area contributed by atoms with Gasteiger partial charge in [0.1, 0.15) is 10.6 Å². The van der Waals surface area contributed by atoms with Gasteiger partial charge in [-0.15, -0.1) is 11.3 Å². The van der Waals surface area contributed by atoms with E-state index < -0.39 is 5.97 Å². The number of esters is 1. The Hall–Kier alpha value is -1.14. The molecule has 0 radical (unpaired) electrons. The van der Waals surface area contributed by atoms with E-state index in [2.05, 4.69) is 25.7 Å². The molecule has 6 heteroatoms. The maximum atomic E-state index is 11.4. The van der Waals surface area contributed by atoms with Crippen molar-refractivity contribution in [3.8, 4) is 10.6 Å². The first-order chi connectivity index (χ1) is 7.22. The second-order valence-electron chi connectivity index (χ2n) is 2.61. The molecule has 0 saturated heterocycles. The largest absolute Gasteiger partial charge is 0.464 e. The van der Waals surface area contributed by atoms with Crippen LogP contribution in [0.1, 0.15) is 10.5 Å². The standard InChI is InChI=1S/C9H6BrNO3S/c1-13-8(12)6-7(15-9(10)11-6)5-3-2-4-14-5/h2-4H,1H3. The van der Waals surface area contributed by atoms with Gasteiger partial charge in [0.2, 0.25) is 0 Å². The van der Waals surface area contributed by atoms with Crippen LogP contribution in [-0.4, -0.2) is 18.1 Å². The van der Waals surface area contributed by atoms with Gasteiger partial charge in [0.25, 0.3) is 0 Å². The summed E-state index contributed by atoms with van der Waals surface area (Å²) >= 11 is 4.55. The number of nitrogens with zero attached hydrogens (tertiary/aromatic N) is 1. The number of halogens is 1. The van der Waals surface area contributed by atoms with E-state index in [1.54, 1.807) is 18.4 Å². The first-order valence-corrected chi connectivity index (χ1v) is 5.62. The lowest BCUT2D eigenvalue weighted by atomic mass is 10.3. The molecule has 0 spiro atoms. The van der Waals surface area contributed by atoms with Gasteiger partial charge in [0.05, 0.1) is 13.4 Å². The number of hydrogen-bond acceptors (Lipinski definition) is 5. The second-order valence-corrected chi connectivity index (χ2v) is 4.89. The molecule has 0 bridgehead atoms. The number of carbonyl (C=O) groups is 1. The van der Waals surface area contributed by atoms with E-state index >= 15 is 0 Å². The summed E-state index contributed by atoms with van der Waals surface area (Å²) in [5, 5.41) is 0. The monoisotopic (exact) mass is 287 g/mol. The van der Waals surface area contributed by atoms with Crippen LogP contribution in [0.3, 0.4) is 0 Å². The van der Waals surface area contributed by atoms with Gasteiger partial charge in [0.15, 0.2) is 9.61 Å². The number of rotatable bonds is 2. The molecular weight excluding hydrogens is 282 g/mol. The molecule has 0 aromatic carbocycles. The van der Waals surface area contributed by atoms with Crippen molar-refractivity contribution in [2.75, 3.05) is 7.11 Å². The van der Waals surface area contributed by atoms with E-state index in [0.29, 0.717) is 14.6 Å². The van der Waals surface area contributed by atoms with Gasteiger partial charge in [0, 0.05) is 0 Å². The first-order valence-electron chi connectivity index (χ1n) is 4.01. The number of thiazole rings is 1. The van der Waals surface area contributed by atoms with E-state index in [9.17, 15) is 4.79 Å². The zero-order valence-corrected chi connectivity index (χ0v) is 10.1. The van der Waals surface area contributed by atoms with Crippen LogP contribution in [0.15, 0.2) is 26.7 Å². The number of hydrogen-bond donors (Lipinski definition) is 0. The van der Waals surface area contributed by atoms with Crippen LogP contribution in [0, 0.1) is 0 Å². The Labute approximate surface area is 98.0 Å². The van der Waals surface area contributed by atoms with Gasteiger partial charge < -0.3 is 9.15 Å². The SMILES string of the molecule is COC(=O)c1nc(Br)sc1-c1ccco1. The number of methoxy groups -OCH3 is 1. The van der Waals surface area contributed by atoms with Gasteiger partial charge in [-0.1, -0.05) is 0 Å². The zero-order valence-electron chi connectivity index (χ0n) is 7.69. The summed E-state index contributed by atoms with van der Waals surface area (Å²) < 4.78 is 10.5. The predicted octanol–water partition coefficient (Wildman–Crippen LogP) is 2.95. The van der Waals surface area contributed by atoms with Crippen LogP contribution >= 0.6 is 27.3 Å². The molecule has 0 aliphatic carbocycles. The van der Waals surface area contributed by atoms with E-state index in [4.69, 9.17) is 4.42 Å². The molecule has 4 nitrogen and oxygen atoms in total. The number of ether oxygens (including phenoxy) is 1. The van der Waals surface area contributed by atoms with Crippen LogP contribution < -0.4 is 0 Å². The van der Waals surface area contributed by atoms with Gasteiger partial charge in [-0.05, 0) is 28.1 Å². The van der Waals surface area contributed by atoms with Crippen LogP contribution in [-0.2, 0) is 4.74 Å². The Morgan fingerprint density at radius 2 is 2.47 bits per heavy atom. The maximum Gasteiger partial charge on any atom is 0.358 e. The minimum absolute atomic E-state index is 0.268. The van der Waals surface area contributed by atoms with Gasteiger partial charge >= 0.3 is 5.97 Å². The fourth-order valence-electron chi connectivity index (χ4n) is 1.10. The van der Waals surface area contributed by atoms with E-state index in [1.165, 1.54) is 18.4 Å². The van der Waals surface area contributed by atoms with E-state index in [-0.39, 0.29) is 5.69 Å². The molecule has 0 N–H and O–H groups in total. The lowest BCUT2D eigenvalue weighted by Crippen LogP contribution is -2.02. The summed E-state index contributed by atoms with van der Waals surface area (Å²) in [5.41, 5.74) is 0.268. The van der Waals surface area contributed by atoms with Crippen LogP contribution in [0.4, 0.5) is 0 Å². The van der Waals surface area contributed by atoms with Crippen molar-refractivity contribution in [3.63, 3.8) is 0 Å². The molecule has 15 heavy (non-hydrogen) atoms. The minimum atomic E-state index is -0.469. The lowest BCUT2D eigenvalue weighted by molar-refractivity contribution is 0.0595. The molecule has 0 aliphatic heterocycles. The van der Waals surface area contributed by atoms with Crippen molar-refractivity contribution in [2.24, 2.45) is 0 Å².